The molecule has 4 aliphatic rings. The third-order valence-corrected chi connectivity index (χ3v) is 8.19. The fraction of sp³-hybridized carbons (Fsp3) is 0.444. The van der Waals surface area contributed by atoms with Gasteiger partial charge in [-0.25, -0.2) is 0 Å². The van der Waals surface area contributed by atoms with E-state index in [2.05, 4.69) is 74.7 Å². The van der Waals surface area contributed by atoms with Crippen LogP contribution in [0.15, 0.2) is 53.0 Å². The van der Waals surface area contributed by atoms with Crippen LogP contribution in [0.3, 0.4) is 0 Å². The highest BCUT2D eigenvalue weighted by molar-refractivity contribution is 9.12. The Morgan fingerprint density at radius 1 is 0.833 bits per heavy atom. The Hall–Kier alpha value is -0.340. The summed E-state index contributed by atoms with van der Waals surface area (Å²) < 4.78 is 12.9. The van der Waals surface area contributed by atoms with Crippen molar-refractivity contribution in [2.45, 2.75) is 36.3 Å². The number of rotatable bonds is 2. The minimum Gasteiger partial charge on any atom is -0.495 e. The number of hydroxylamine groups is 2. The van der Waals surface area contributed by atoms with Crippen molar-refractivity contribution in [3.05, 3.63) is 53.0 Å². The topological polar surface area (TPSA) is 101 Å². The van der Waals surface area contributed by atoms with Crippen molar-refractivity contribution in [1.82, 2.24) is 11.0 Å². The predicted octanol–water partition coefficient (Wildman–Crippen LogP) is 3.34. The molecule has 2 aliphatic carbocycles. The highest BCUT2D eigenvalue weighted by Crippen LogP contribution is 2.48. The molecular weight excluding hydrogens is 660 g/mol. The van der Waals surface area contributed by atoms with Crippen molar-refractivity contribution in [3.8, 4) is 0 Å². The van der Waals surface area contributed by atoms with Gasteiger partial charge in [-0.3, -0.25) is 20.6 Å². The fourth-order valence-electron chi connectivity index (χ4n) is 3.83. The van der Waals surface area contributed by atoms with Crippen molar-refractivity contribution in [3.63, 3.8) is 0 Å². The summed E-state index contributed by atoms with van der Waals surface area (Å²) in [6, 6.07) is 0. The first-order valence-electron chi connectivity index (χ1n) is 8.79. The third kappa shape index (κ3) is 3.43. The van der Waals surface area contributed by atoms with E-state index in [1.807, 2.05) is 0 Å². The first-order valence-corrected chi connectivity index (χ1v) is 12.0. The Labute approximate surface area is 206 Å². The molecule has 0 amide bonds. The molecule has 2 aliphatic heterocycles. The molecule has 2 fully saturated rings. The Morgan fingerprint density at radius 2 is 1.20 bits per heavy atom. The smallest absolute Gasteiger partial charge is 0.152 e. The normalized spacial score (nSPS) is 38.7. The van der Waals surface area contributed by atoms with E-state index in [-0.39, 0.29) is 0 Å². The molecule has 0 bridgehead atoms. The largest absolute Gasteiger partial charge is 0.495 e. The number of ether oxygens (including phenoxy) is 2. The van der Waals surface area contributed by atoms with E-state index < -0.39 is 23.4 Å². The van der Waals surface area contributed by atoms with E-state index in [0.717, 1.165) is 0 Å². The second-order valence-electron chi connectivity index (χ2n) is 7.18. The fourth-order valence-corrected chi connectivity index (χ4v) is 7.41. The van der Waals surface area contributed by atoms with Crippen molar-refractivity contribution in [2.75, 3.05) is 14.2 Å². The summed E-state index contributed by atoms with van der Waals surface area (Å²) in [6.45, 7) is 0. The standard InChI is InChI=1S/C18H18Br4N2O6/c1-27-13-7(19)3-17(15(25)11(13)21)5-9(23-29-17)10-6-18(30-24-10)4-8(20)14(28-2)12(22)16(18)26/h3-4,15-16,23-26H,5-6H2,1-2H3. The van der Waals surface area contributed by atoms with Crippen molar-refractivity contribution >= 4 is 63.7 Å². The zero-order chi connectivity index (χ0) is 21.8. The van der Waals surface area contributed by atoms with Crippen LogP contribution in [0, 0.1) is 0 Å². The van der Waals surface area contributed by atoms with E-state index in [1.165, 1.54) is 14.2 Å². The minimum atomic E-state index is -1.04. The van der Waals surface area contributed by atoms with Gasteiger partial charge in [0.2, 0.25) is 0 Å². The molecule has 30 heavy (non-hydrogen) atoms. The second kappa shape index (κ2) is 8.22. The Morgan fingerprint density at radius 3 is 1.53 bits per heavy atom. The molecule has 4 unspecified atom stereocenters. The molecule has 164 valence electrons. The number of nitrogens with one attached hydrogen (secondary N) is 2. The van der Waals surface area contributed by atoms with Crippen LogP contribution in [0.1, 0.15) is 12.8 Å². The van der Waals surface area contributed by atoms with Crippen LogP contribution >= 0.6 is 63.7 Å². The Balaban J connectivity index is 1.61. The summed E-state index contributed by atoms with van der Waals surface area (Å²) in [5, 5.41) is 21.7. The summed E-state index contributed by atoms with van der Waals surface area (Å²) in [6.07, 6.45) is 2.27. The monoisotopic (exact) mass is 674 g/mol. The number of hydrogen-bond acceptors (Lipinski definition) is 8. The lowest BCUT2D eigenvalue weighted by Gasteiger charge is -2.33. The highest BCUT2D eigenvalue weighted by atomic mass is 79.9. The quantitative estimate of drug-likeness (QED) is 0.354. The lowest BCUT2D eigenvalue weighted by Crippen LogP contribution is -2.43. The molecule has 2 heterocycles. The molecule has 4 rings (SSSR count). The van der Waals surface area contributed by atoms with Crippen LogP contribution in [0.2, 0.25) is 0 Å². The molecule has 8 nitrogen and oxygen atoms in total. The summed E-state index contributed by atoms with van der Waals surface area (Å²) in [5.41, 5.74) is 5.15. The number of aliphatic hydroxyl groups excluding tert-OH is 2. The van der Waals surface area contributed by atoms with Crippen molar-refractivity contribution in [2.24, 2.45) is 0 Å². The molecule has 2 saturated heterocycles. The van der Waals surface area contributed by atoms with Crippen LogP contribution < -0.4 is 11.0 Å². The van der Waals surface area contributed by atoms with Crippen molar-refractivity contribution < 1.29 is 29.4 Å². The van der Waals surface area contributed by atoms with Crippen molar-refractivity contribution in [1.29, 1.82) is 0 Å². The van der Waals surface area contributed by atoms with Gasteiger partial charge in [0, 0.05) is 12.8 Å². The SMILES string of the molecule is COC1=C(Br)C(O)C2(C=C1Br)CC(=C1CC3(C=C(Br)C(OC)=C(Br)C3O)ON1)NO2. The van der Waals surface area contributed by atoms with E-state index in [9.17, 15) is 10.2 Å². The second-order valence-corrected chi connectivity index (χ2v) is 10.6. The molecular formula is C18H18Br4N2O6. The summed E-state index contributed by atoms with van der Waals surface area (Å²) in [4.78, 5) is 11.7. The van der Waals surface area contributed by atoms with Gasteiger partial charge in [-0.15, -0.1) is 0 Å². The van der Waals surface area contributed by atoms with Crippen LogP contribution in [0.4, 0.5) is 0 Å². The summed E-state index contributed by atoms with van der Waals surface area (Å²) in [5.74, 6) is 1.01. The maximum absolute atomic E-state index is 10.8. The molecule has 4 N–H and O–H groups in total. The van der Waals surface area contributed by atoms with E-state index >= 15 is 0 Å². The van der Waals surface area contributed by atoms with E-state index in [4.69, 9.17) is 19.1 Å². The lowest BCUT2D eigenvalue weighted by molar-refractivity contribution is -0.0809. The van der Waals surface area contributed by atoms with Gasteiger partial charge in [0.15, 0.2) is 11.2 Å². The first kappa shape index (κ1) is 22.8. The maximum Gasteiger partial charge on any atom is 0.152 e. The van der Waals surface area contributed by atoms with Crippen LogP contribution in [0.25, 0.3) is 0 Å². The van der Waals surface area contributed by atoms with Gasteiger partial charge in [0.25, 0.3) is 0 Å². The van der Waals surface area contributed by atoms with Gasteiger partial charge in [-0.2, -0.15) is 0 Å². The van der Waals surface area contributed by atoms with Gasteiger partial charge in [-0.1, -0.05) is 0 Å². The maximum atomic E-state index is 10.8. The average molecular weight is 678 g/mol. The van der Waals surface area contributed by atoms with Crippen LogP contribution in [0.5, 0.6) is 0 Å². The molecule has 0 radical (unpaired) electrons. The number of allylic oxidation sites excluding steroid dienone is 2. The molecule has 2 spiro atoms. The zero-order valence-corrected chi connectivity index (χ0v) is 22.1. The summed E-state index contributed by atoms with van der Waals surface area (Å²) in [7, 11) is 3.05. The summed E-state index contributed by atoms with van der Waals surface area (Å²) >= 11 is 13.7. The first-order chi connectivity index (χ1) is 14.2. The van der Waals surface area contributed by atoms with Gasteiger partial charge in [-0.05, 0) is 75.9 Å². The third-order valence-electron chi connectivity index (χ3n) is 5.42. The molecule has 0 aromatic carbocycles. The van der Waals surface area contributed by atoms with Crippen LogP contribution in [-0.2, 0) is 19.1 Å². The van der Waals surface area contributed by atoms with E-state index in [0.29, 0.717) is 53.7 Å². The molecule has 4 atom stereocenters. The number of hydrogen-bond donors (Lipinski definition) is 4. The average Bonchev–Trinajstić information content (AvgIpc) is 3.31. The number of methoxy groups -OCH3 is 2. The van der Waals surface area contributed by atoms with Gasteiger partial charge in [0.1, 0.15) is 23.7 Å². The van der Waals surface area contributed by atoms with Gasteiger partial charge < -0.3 is 19.7 Å². The highest BCUT2D eigenvalue weighted by Gasteiger charge is 2.53. The van der Waals surface area contributed by atoms with Crippen LogP contribution in [-0.4, -0.2) is 47.8 Å². The molecule has 0 aromatic heterocycles. The minimum absolute atomic E-state index is 0.346. The molecule has 0 aromatic rings. The Kier molecular flexibility index (Phi) is 6.26. The zero-order valence-electron chi connectivity index (χ0n) is 15.8. The predicted molar refractivity (Wildman–Crippen MR) is 122 cm³/mol. The number of halogens is 4. The number of aliphatic hydroxyl groups is 2. The molecule has 12 heteroatoms. The van der Waals surface area contributed by atoms with Gasteiger partial charge in [0.05, 0.1) is 43.5 Å². The van der Waals surface area contributed by atoms with E-state index in [1.54, 1.807) is 12.2 Å². The van der Waals surface area contributed by atoms with Gasteiger partial charge >= 0.3 is 0 Å². The molecule has 0 saturated carbocycles. The Bertz CT molecular complexity index is 871. The lowest BCUT2D eigenvalue weighted by atomic mass is 9.85.